The van der Waals surface area contributed by atoms with Gasteiger partial charge < -0.3 is 15.0 Å². The van der Waals surface area contributed by atoms with Crippen molar-refractivity contribution >= 4 is 5.82 Å². The molecule has 0 spiro atoms. The number of anilines is 1. The van der Waals surface area contributed by atoms with E-state index in [1.165, 1.54) is 19.3 Å². The van der Waals surface area contributed by atoms with Gasteiger partial charge >= 0.3 is 0 Å². The second-order valence-corrected chi connectivity index (χ2v) is 5.82. The summed E-state index contributed by atoms with van der Waals surface area (Å²) in [5.41, 5.74) is 6.63. The fraction of sp³-hybridized carbons (Fsp3) is 0.667. The smallest absolute Gasteiger partial charge is 0.256 e. The minimum absolute atomic E-state index is 0.151. The molecular weight excluding hydrogens is 282 g/mol. The first-order valence-electron chi connectivity index (χ1n) is 7.96. The second-order valence-electron chi connectivity index (χ2n) is 5.82. The van der Waals surface area contributed by atoms with Gasteiger partial charge in [0.1, 0.15) is 11.9 Å². The number of hydrogen-bond acceptors (Lipinski definition) is 6. The maximum Gasteiger partial charge on any atom is 0.256 e. The zero-order valence-corrected chi connectivity index (χ0v) is 13.2. The minimum Gasteiger partial charge on any atom is -0.383 e. The van der Waals surface area contributed by atoms with Crippen molar-refractivity contribution < 1.29 is 9.26 Å². The largest absolute Gasteiger partial charge is 0.383 e. The lowest BCUT2D eigenvalue weighted by Gasteiger charge is -2.25. The Balaban J connectivity index is 1.74. The van der Waals surface area contributed by atoms with E-state index in [4.69, 9.17) is 15.0 Å². The Morgan fingerprint density at radius 2 is 2.18 bits per heavy atom. The van der Waals surface area contributed by atoms with Crippen LogP contribution in [0, 0.1) is 0 Å². The third-order valence-corrected chi connectivity index (χ3v) is 4.22. The first kappa shape index (κ1) is 15.0. The van der Waals surface area contributed by atoms with Gasteiger partial charge in [-0.15, -0.1) is 0 Å². The van der Waals surface area contributed by atoms with E-state index >= 15 is 0 Å². The van der Waals surface area contributed by atoms with Crippen molar-refractivity contribution in [3.8, 4) is 11.4 Å². The van der Waals surface area contributed by atoms with Gasteiger partial charge in [-0.3, -0.25) is 4.68 Å². The highest BCUT2D eigenvalue weighted by Gasteiger charge is 2.24. The molecule has 1 aliphatic carbocycles. The number of ether oxygens (including phenoxy) is 1. The van der Waals surface area contributed by atoms with Crippen molar-refractivity contribution in [2.45, 2.75) is 57.7 Å². The molecule has 7 nitrogen and oxygen atoms in total. The Hall–Kier alpha value is -1.89. The molecule has 0 aliphatic heterocycles. The van der Waals surface area contributed by atoms with E-state index in [-0.39, 0.29) is 6.10 Å². The van der Waals surface area contributed by atoms with Crippen LogP contribution < -0.4 is 5.73 Å². The number of aromatic nitrogens is 4. The van der Waals surface area contributed by atoms with Gasteiger partial charge in [0.25, 0.3) is 5.89 Å². The monoisotopic (exact) mass is 305 g/mol. The number of nitrogens with two attached hydrogens (primary N) is 1. The fourth-order valence-corrected chi connectivity index (χ4v) is 2.86. The van der Waals surface area contributed by atoms with Crippen molar-refractivity contribution in [3.05, 3.63) is 12.1 Å². The van der Waals surface area contributed by atoms with Crippen LogP contribution in [0.1, 0.15) is 57.4 Å². The molecule has 2 aromatic rings. The van der Waals surface area contributed by atoms with Crippen molar-refractivity contribution in [3.63, 3.8) is 0 Å². The third kappa shape index (κ3) is 2.99. The highest BCUT2D eigenvalue weighted by atomic mass is 16.5. The Morgan fingerprint density at radius 1 is 1.41 bits per heavy atom. The van der Waals surface area contributed by atoms with Crippen molar-refractivity contribution in [1.82, 2.24) is 19.9 Å². The lowest BCUT2D eigenvalue weighted by Crippen LogP contribution is -2.19. The van der Waals surface area contributed by atoms with E-state index in [9.17, 15) is 0 Å². The van der Waals surface area contributed by atoms with E-state index in [1.54, 1.807) is 17.9 Å². The molecule has 1 fully saturated rings. The molecule has 1 saturated carbocycles. The molecule has 120 valence electrons. The summed E-state index contributed by atoms with van der Waals surface area (Å²) in [6.07, 6.45) is 8.62. The molecule has 2 heterocycles. The van der Waals surface area contributed by atoms with Crippen LogP contribution in [0.15, 0.2) is 10.7 Å². The van der Waals surface area contributed by atoms with Gasteiger partial charge in [-0.1, -0.05) is 31.3 Å². The summed E-state index contributed by atoms with van der Waals surface area (Å²) >= 11 is 0. The predicted molar refractivity (Wildman–Crippen MR) is 81.9 cm³/mol. The minimum atomic E-state index is -0.151. The SMILES string of the molecule is CCC(OC1CCCCC1)c1nc(-c2cnn(C)c2N)no1. The highest BCUT2D eigenvalue weighted by molar-refractivity contribution is 5.67. The average Bonchev–Trinajstić information content (AvgIpc) is 3.14. The summed E-state index contributed by atoms with van der Waals surface area (Å²) in [5.74, 6) is 1.51. The molecule has 2 aromatic heterocycles. The summed E-state index contributed by atoms with van der Waals surface area (Å²) in [6, 6.07) is 0. The van der Waals surface area contributed by atoms with Crippen molar-refractivity contribution in [2.75, 3.05) is 5.73 Å². The third-order valence-electron chi connectivity index (χ3n) is 4.22. The van der Waals surface area contributed by atoms with Crippen LogP contribution in [-0.4, -0.2) is 26.0 Å². The second kappa shape index (κ2) is 6.48. The van der Waals surface area contributed by atoms with Gasteiger partial charge in [0, 0.05) is 7.05 Å². The first-order chi connectivity index (χ1) is 10.7. The van der Waals surface area contributed by atoms with Crippen LogP contribution >= 0.6 is 0 Å². The van der Waals surface area contributed by atoms with Crippen LogP contribution in [0.4, 0.5) is 5.82 Å². The van der Waals surface area contributed by atoms with Crippen molar-refractivity contribution in [2.24, 2.45) is 7.05 Å². The van der Waals surface area contributed by atoms with Crippen LogP contribution in [0.2, 0.25) is 0 Å². The summed E-state index contributed by atoms with van der Waals surface area (Å²) < 4.78 is 13.1. The van der Waals surface area contributed by atoms with Gasteiger partial charge in [0.15, 0.2) is 0 Å². The Morgan fingerprint density at radius 3 is 2.82 bits per heavy atom. The quantitative estimate of drug-likeness (QED) is 0.913. The molecule has 3 rings (SSSR count). The van der Waals surface area contributed by atoms with Crippen molar-refractivity contribution in [1.29, 1.82) is 0 Å². The summed E-state index contributed by atoms with van der Waals surface area (Å²) in [7, 11) is 1.78. The zero-order valence-electron chi connectivity index (χ0n) is 13.2. The molecule has 0 bridgehead atoms. The van der Waals surface area contributed by atoms with Crippen LogP contribution in [-0.2, 0) is 11.8 Å². The molecular formula is C15H23N5O2. The maximum absolute atomic E-state index is 6.16. The summed E-state index contributed by atoms with van der Waals surface area (Å²) in [5, 5.41) is 8.12. The molecule has 1 unspecified atom stereocenters. The number of nitrogen functional groups attached to an aromatic ring is 1. The lowest BCUT2D eigenvalue weighted by atomic mass is 9.97. The molecule has 0 aromatic carbocycles. The van der Waals surface area contributed by atoms with Crippen LogP contribution in [0.3, 0.4) is 0 Å². The molecule has 1 atom stereocenters. The number of aryl methyl sites for hydroxylation is 1. The van der Waals surface area contributed by atoms with E-state index in [2.05, 4.69) is 22.2 Å². The van der Waals surface area contributed by atoms with E-state index in [1.807, 2.05) is 0 Å². The zero-order chi connectivity index (χ0) is 15.5. The molecule has 7 heteroatoms. The van der Waals surface area contributed by atoms with Crippen LogP contribution in [0.25, 0.3) is 11.4 Å². The fourth-order valence-electron chi connectivity index (χ4n) is 2.86. The highest BCUT2D eigenvalue weighted by Crippen LogP contribution is 2.30. The average molecular weight is 305 g/mol. The van der Waals surface area contributed by atoms with Gasteiger partial charge in [-0.05, 0) is 19.3 Å². The molecule has 2 N–H and O–H groups in total. The number of rotatable bonds is 5. The van der Waals surface area contributed by atoms with Gasteiger partial charge in [0.05, 0.1) is 17.9 Å². The standard InChI is InChI=1S/C15H23N5O2/c1-3-12(21-10-7-5-4-6-8-10)15-18-14(19-22-15)11-9-17-20(2)13(11)16/h9-10,12H,3-8,16H2,1-2H3. The van der Waals surface area contributed by atoms with E-state index in [0.29, 0.717) is 29.2 Å². The van der Waals surface area contributed by atoms with Gasteiger partial charge in [-0.25, -0.2) is 0 Å². The normalized spacial score (nSPS) is 17.7. The Kier molecular flexibility index (Phi) is 4.42. The number of hydrogen-bond donors (Lipinski definition) is 1. The summed E-state index contributed by atoms with van der Waals surface area (Å²) in [4.78, 5) is 4.46. The lowest BCUT2D eigenvalue weighted by molar-refractivity contribution is -0.0468. The molecule has 22 heavy (non-hydrogen) atoms. The van der Waals surface area contributed by atoms with Gasteiger partial charge in [0.2, 0.25) is 5.82 Å². The van der Waals surface area contributed by atoms with E-state index in [0.717, 1.165) is 19.3 Å². The molecule has 0 amide bonds. The van der Waals surface area contributed by atoms with E-state index < -0.39 is 0 Å². The first-order valence-corrected chi connectivity index (χ1v) is 7.96. The van der Waals surface area contributed by atoms with Gasteiger partial charge in [-0.2, -0.15) is 10.1 Å². The predicted octanol–water partition coefficient (Wildman–Crippen LogP) is 2.85. The topological polar surface area (TPSA) is 92.0 Å². The number of nitrogens with zero attached hydrogens (tertiary/aromatic N) is 4. The molecule has 0 radical (unpaired) electrons. The van der Waals surface area contributed by atoms with Crippen LogP contribution in [0.5, 0.6) is 0 Å². The Labute approximate surface area is 129 Å². The molecule has 1 aliphatic rings. The maximum atomic E-state index is 6.16. The Bertz CT molecular complexity index is 615. The molecule has 0 saturated heterocycles. The summed E-state index contributed by atoms with van der Waals surface area (Å²) in [6.45, 7) is 2.07.